The van der Waals surface area contributed by atoms with E-state index in [-0.39, 0.29) is 17.8 Å². The average Bonchev–Trinajstić information content (AvgIpc) is 2.63. The van der Waals surface area contributed by atoms with Crippen LogP contribution in [0.1, 0.15) is 17.5 Å². The first-order valence-electron chi connectivity index (χ1n) is 4.93. The molecule has 1 N–H and O–H groups in total. The third-order valence-corrected chi connectivity index (χ3v) is 2.26. The summed E-state index contributed by atoms with van der Waals surface area (Å²) < 4.78 is 26.7. The molecule has 90 valence electrons. The minimum Gasteiger partial charge on any atom is -0.388 e. The average molecular weight is 240 g/mol. The summed E-state index contributed by atoms with van der Waals surface area (Å²) in [5, 5.41) is 20.8. The van der Waals surface area contributed by atoms with Crippen LogP contribution in [-0.2, 0) is 13.5 Å². The molecule has 0 aliphatic heterocycles. The zero-order valence-corrected chi connectivity index (χ0v) is 9.01. The van der Waals surface area contributed by atoms with Gasteiger partial charge in [-0.3, -0.25) is 0 Å². The number of rotatable bonds is 3. The molecule has 2 aromatic rings. The van der Waals surface area contributed by atoms with Gasteiger partial charge in [0.1, 0.15) is 11.6 Å². The molecule has 17 heavy (non-hydrogen) atoms. The number of benzene rings is 1. The number of aryl methyl sites for hydroxylation is 1. The van der Waals surface area contributed by atoms with Crippen LogP contribution in [-0.4, -0.2) is 25.3 Å². The topological polar surface area (TPSA) is 63.8 Å². The molecule has 0 bridgehead atoms. The lowest BCUT2D eigenvalue weighted by Gasteiger charge is -2.10. The van der Waals surface area contributed by atoms with E-state index in [0.717, 1.165) is 12.1 Å². The fourth-order valence-electron chi connectivity index (χ4n) is 1.51. The molecule has 1 aromatic heterocycles. The molecule has 2 rings (SSSR count). The van der Waals surface area contributed by atoms with E-state index in [0.29, 0.717) is 0 Å². The molecule has 0 saturated heterocycles. The SMILES string of the molecule is Cn1nnc(CC(O)c2c(F)cccc2F)n1. The predicted octanol–water partition coefficient (Wildman–Crippen LogP) is 0.764. The van der Waals surface area contributed by atoms with Crippen molar-refractivity contribution in [2.45, 2.75) is 12.5 Å². The normalized spacial score (nSPS) is 12.7. The smallest absolute Gasteiger partial charge is 0.177 e. The second-order valence-electron chi connectivity index (χ2n) is 3.55. The van der Waals surface area contributed by atoms with Gasteiger partial charge in [-0.2, -0.15) is 4.80 Å². The van der Waals surface area contributed by atoms with Crippen LogP contribution in [0.25, 0.3) is 0 Å². The highest BCUT2D eigenvalue weighted by molar-refractivity contribution is 5.22. The van der Waals surface area contributed by atoms with Crippen LogP contribution in [0.3, 0.4) is 0 Å². The lowest BCUT2D eigenvalue weighted by molar-refractivity contribution is 0.166. The molecule has 1 aromatic carbocycles. The van der Waals surface area contributed by atoms with Crippen LogP contribution in [0.5, 0.6) is 0 Å². The van der Waals surface area contributed by atoms with Gasteiger partial charge in [-0.05, 0) is 17.3 Å². The van der Waals surface area contributed by atoms with E-state index in [2.05, 4.69) is 15.4 Å². The Hall–Kier alpha value is -1.89. The first-order valence-corrected chi connectivity index (χ1v) is 4.93. The molecule has 1 unspecified atom stereocenters. The summed E-state index contributed by atoms with van der Waals surface area (Å²) >= 11 is 0. The Balaban J connectivity index is 2.22. The van der Waals surface area contributed by atoms with Gasteiger partial charge >= 0.3 is 0 Å². The maximum atomic E-state index is 13.3. The van der Waals surface area contributed by atoms with Gasteiger partial charge in [-0.25, -0.2) is 8.78 Å². The monoisotopic (exact) mass is 240 g/mol. The summed E-state index contributed by atoms with van der Waals surface area (Å²) in [6, 6.07) is 3.42. The number of hydrogen-bond acceptors (Lipinski definition) is 4. The fourth-order valence-corrected chi connectivity index (χ4v) is 1.51. The van der Waals surface area contributed by atoms with Crippen LogP contribution >= 0.6 is 0 Å². The predicted molar refractivity (Wildman–Crippen MR) is 53.8 cm³/mol. The van der Waals surface area contributed by atoms with E-state index >= 15 is 0 Å². The standard InChI is InChI=1S/C10H10F2N4O/c1-16-14-9(13-15-16)5-8(17)10-6(11)3-2-4-7(10)12/h2-4,8,17H,5H2,1H3. The van der Waals surface area contributed by atoms with Crippen molar-refractivity contribution in [2.24, 2.45) is 7.05 Å². The maximum absolute atomic E-state index is 13.3. The minimum atomic E-state index is -1.33. The molecule has 0 aliphatic rings. The highest BCUT2D eigenvalue weighted by atomic mass is 19.1. The van der Waals surface area contributed by atoms with Gasteiger partial charge in [0.15, 0.2) is 5.82 Å². The first kappa shape index (κ1) is 11.6. The fraction of sp³-hybridized carbons (Fsp3) is 0.300. The van der Waals surface area contributed by atoms with Crippen LogP contribution in [0.2, 0.25) is 0 Å². The van der Waals surface area contributed by atoms with Crippen molar-refractivity contribution in [3.8, 4) is 0 Å². The van der Waals surface area contributed by atoms with E-state index in [4.69, 9.17) is 0 Å². The van der Waals surface area contributed by atoms with Gasteiger partial charge in [-0.15, -0.1) is 10.2 Å². The Morgan fingerprint density at radius 1 is 1.35 bits per heavy atom. The molecular weight excluding hydrogens is 230 g/mol. The zero-order chi connectivity index (χ0) is 12.4. The number of aliphatic hydroxyl groups is 1. The van der Waals surface area contributed by atoms with Crippen molar-refractivity contribution in [1.29, 1.82) is 0 Å². The van der Waals surface area contributed by atoms with Gasteiger partial charge in [-0.1, -0.05) is 6.07 Å². The molecule has 1 heterocycles. The highest BCUT2D eigenvalue weighted by Gasteiger charge is 2.19. The molecule has 7 heteroatoms. The maximum Gasteiger partial charge on any atom is 0.177 e. The van der Waals surface area contributed by atoms with Crippen molar-refractivity contribution in [3.05, 3.63) is 41.2 Å². The number of aliphatic hydroxyl groups excluding tert-OH is 1. The van der Waals surface area contributed by atoms with E-state index in [1.165, 1.54) is 10.9 Å². The number of nitrogens with zero attached hydrogens (tertiary/aromatic N) is 4. The quantitative estimate of drug-likeness (QED) is 0.860. The van der Waals surface area contributed by atoms with Gasteiger partial charge in [0.25, 0.3) is 0 Å². The Kier molecular flexibility index (Phi) is 3.10. The van der Waals surface area contributed by atoms with Crippen molar-refractivity contribution in [2.75, 3.05) is 0 Å². The van der Waals surface area contributed by atoms with Crippen LogP contribution in [0.15, 0.2) is 18.2 Å². The number of tetrazole rings is 1. The molecular formula is C10H10F2N4O. The Bertz CT molecular complexity index is 509. The lowest BCUT2D eigenvalue weighted by atomic mass is 10.1. The number of hydrogen-bond donors (Lipinski definition) is 1. The molecule has 0 saturated carbocycles. The molecule has 1 atom stereocenters. The van der Waals surface area contributed by atoms with Gasteiger partial charge in [0.2, 0.25) is 0 Å². The second-order valence-corrected chi connectivity index (χ2v) is 3.55. The summed E-state index contributed by atoms with van der Waals surface area (Å²) in [5.41, 5.74) is -0.375. The molecule has 5 nitrogen and oxygen atoms in total. The first-order chi connectivity index (χ1) is 8.08. The zero-order valence-electron chi connectivity index (χ0n) is 9.01. The highest BCUT2D eigenvalue weighted by Crippen LogP contribution is 2.22. The Morgan fingerprint density at radius 3 is 2.53 bits per heavy atom. The number of halogens is 2. The Labute approximate surface area is 95.7 Å². The Morgan fingerprint density at radius 2 is 2.00 bits per heavy atom. The van der Waals surface area contributed by atoms with E-state index in [9.17, 15) is 13.9 Å². The summed E-state index contributed by atoms with van der Waals surface area (Å²) in [7, 11) is 1.56. The van der Waals surface area contributed by atoms with Crippen molar-refractivity contribution in [1.82, 2.24) is 20.2 Å². The minimum absolute atomic E-state index is 0.0916. The molecule has 0 fully saturated rings. The molecule has 0 spiro atoms. The molecule has 0 aliphatic carbocycles. The third kappa shape index (κ3) is 2.44. The number of aromatic nitrogens is 4. The van der Waals surface area contributed by atoms with Crippen LogP contribution in [0, 0.1) is 11.6 Å². The van der Waals surface area contributed by atoms with E-state index < -0.39 is 17.7 Å². The summed E-state index contributed by atoms with van der Waals surface area (Å²) in [6.45, 7) is 0. The van der Waals surface area contributed by atoms with E-state index in [1.807, 2.05) is 0 Å². The second kappa shape index (κ2) is 4.54. The lowest BCUT2D eigenvalue weighted by Crippen LogP contribution is -2.08. The van der Waals surface area contributed by atoms with Crippen LogP contribution < -0.4 is 0 Å². The molecule has 0 amide bonds. The van der Waals surface area contributed by atoms with Crippen LogP contribution in [0.4, 0.5) is 8.78 Å². The van der Waals surface area contributed by atoms with Crippen molar-refractivity contribution < 1.29 is 13.9 Å². The van der Waals surface area contributed by atoms with Gasteiger partial charge in [0, 0.05) is 6.42 Å². The largest absolute Gasteiger partial charge is 0.388 e. The summed E-state index contributed by atoms with van der Waals surface area (Å²) in [5.74, 6) is -1.36. The van der Waals surface area contributed by atoms with Gasteiger partial charge in [0.05, 0.1) is 18.7 Å². The summed E-state index contributed by atoms with van der Waals surface area (Å²) in [4.78, 5) is 1.21. The van der Waals surface area contributed by atoms with Gasteiger partial charge < -0.3 is 5.11 Å². The van der Waals surface area contributed by atoms with Crippen molar-refractivity contribution >= 4 is 0 Å². The summed E-state index contributed by atoms with van der Waals surface area (Å²) in [6.07, 6.45) is -1.42. The van der Waals surface area contributed by atoms with Crippen molar-refractivity contribution in [3.63, 3.8) is 0 Å². The van der Waals surface area contributed by atoms with E-state index in [1.54, 1.807) is 7.05 Å². The molecule has 0 radical (unpaired) electrons. The third-order valence-electron chi connectivity index (χ3n) is 2.26.